The minimum absolute atomic E-state index is 0.219. The zero-order chi connectivity index (χ0) is 13.7. The molecule has 0 radical (unpaired) electrons. The van der Waals surface area contributed by atoms with Crippen LogP contribution in [0.3, 0.4) is 0 Å². The smallest absolute Gasteiger partial charge is 0.0455 e. The molecule has 0 bridgehead atoms. The van der Waals surface area contributed by atoms with Gasteiger partial charge < -0.3 is 5.11 Å². The van der Waals surface area contributed by atoms with E-state index in [0.717, 1.165) is 12.3 Å². The van der Waals surface area contributed by atoms with E-state index in [9.17, 15) is 0 Å². The summed E-state index contributed by atoms with van der Waals surface area (Å²) in [7, 11) is 4.42. The number of hydrogen-bond donors (Lipinski definition) is 1. The lowest BCUT2D eigenvalue weighted by Crippen LogP contribution is -2.44. The molecule has 0 aromatic heterocycles. The summed E-state index contributed by atoms with van der Waals surface area (Å²) in [6.07, 6.45) is 7.19. The summed E-state index contributed by atoms with van der Waals surface area (Å²) in [6.45, 7) is 0.341. The lowest BCUT2D eigenvalue weighted by Gasteiger charge is -2.45. The van der Waals surface area contributed by atoms with E-state index in [0.29, 0.717) is 6.61 Å². The van der Waals surface area contributed by atoms with Crippen molar-refractivity contribution in [2.45, 2.75) is 44.1 Å². The van der Waals surface area contributed by atoms with Gasteiger partial charge in [-0.1, -0.05) is 30.3 Å². The van der Waals surface area contributed by atoms with Gasteiger partial charge in [-0.2, -0.15) is 0 Å². The zero-order valence-corrected chi connectivity index (χ0v) is 12.3. The van der Waals surface area contributed by atoms with Crippen molar-refractivity contribution < 1.29 is 5.11 Å². The van der Waals surface area contributed by atoms with E-state index in [1.54, 1.807) is 0 Å². The summed E-state index contributed by atoms with van der Waals surface area (Å²) in [5.74, 6) is 0.809. The largest absolute Gasteiger partial charge is 0.396 e. The molecule has 1 N–H and O–H groups in total. The molecule has 0 spiro atoms. The molecule has 1 saturated carbocycles. The lowest BCUT2D eigenvalue weighted by atomic mass is 9.71. The molecule has 0 atom stereocenters. The van der Waals surface area contributed by atoms with Gasteiger partial charge in [-0.05, 0) is 64.1 Å². The van der Waals surface area contributed by atoms with Crippen molar-refractivity contribution in [2.75, 3.05) is 20.7 Å². The molecular formula is C17H27NO. The Labute approximate surface area is 117 Å². The molecule has 0 heterocycles. The first-order valence-electron chi connectivity index (χ1n) is 7.53. The predicted octanol–water partition coefficient (Wildman–Crippen LogP) is 3.41. The minimum atomic E-state index is 0.219. The highest BCUT2D eigenvalue weighted by Crippen LogP contribution is 2.43. The molecule has 1 aliphatic carbocycles. The summed E-state index contributed by atoms with van der Waals surface area (Å²) in [5, 5.41) is 8.96. The van der Waals surface area contributed by atoms with Crippen molar-refractivity contribution in [3.63, 3.8) is 0 Å². The van der Waals surface area contributed by atoms with Crippen molar-refractivity contribution in [1.82, 2.24) is 4.90 Å². The third kappa shape index (κ3) is 3.18. The van der Waals surface area contributed by atoms with Crippen molar-refractivity contribution in [2.24, 2.45) is 5.92 Å². The topological polar surface area (TPSA) is 23.5 Å². The normalized spacial score (nSPS) is 27.7. The molecular weight excluding hydrogens is 234 g/mol. The quantitative estimate of drug-likeness (QED) is 0.878. The molecule has 2 rings (SSSR count). The Kier molecular flexibility index (Phi) is 5.00. The maximum Gasteiger partial charge on any atom is 0.0455 e. The highest BCUT2D eigenvalue weighted by molar-refractivity contribution is 5.25. The van der Waals surface area contributed by atoms with E-state index in [1.165, 1.54) is 37.7 Å². The fraction of sp³-hybridized carbons (Fsp3) is 0.647. The number of hydrogen-bond acceptors (Lipinski definition) is 2. The maximum atomic E-state index is 8.96. The van der Waals surface area contributed by atoms with Gasteiger partial charge in [-0.3, -0.25) is 4.90 Å². The fourth-order valence-electron chi connectivity index (χ4n) is 3.57. The van der Waals surface area contributed by atoms with Crippen LogP contribution in [0.5, 0.6) is 0 Å². The molecule has 0 aliphatic heterocycles. The number of aliphatic hydroxyl groups is 1. The van der Waals surface area contributed by atoms with Crippen LogP contribution in [0.15, 0.2) is 30.3 Å². The fourth-order valence-corrected chi connectivity index (χ4v) is 3.57. The Bertz CT molecular complexity index is 366. The molecule has 1 aromatic carbocycles. The molecule has 0 amide bonds. The monoisotopic (exact) mass is 261 g/mol. The Morgan fingerprint density at radius 1 is 1.16 bits per heavy atom. The summed E-state index contributed by atoms with van der Waals surface area (Å²) in [5.41, 5.74) is 1.68. The van der Waals surface area contributed by atoms with Gasteiger partial charge in [0, 0.05) is 12.1 Å². The second kappa shape index (κ2) is 6.53. The molecule has 106 valence electrons. The highest BCUT2D eigenvalue weighted by atomic mass is 16.2. The van der Waals surface area contributed by atoms with Crippen molar-refractivity contribution >= 4 is 0 Å². The Hall–Kier alpha value is -0.860. The first-order valence-corrected chi connectivity index (χ1v) is 7.53. The van der Waals surface area contributed by atoms with Crippen LogP contribution in [0.2, 0.25) is 0 Å². The van der Waals surface area contributed by atoms with Crippen LogP contribution in [-0.4, -0.2) is 30.7 Å². The van der Waals surface area contributed by atoms with E-state index in [4.69, 9.17) is 5.11 Å². The standard InChI is InChI=1S/C17H27NO/c1-18(2)17(16-8-4-3-5-9-16)12-10-15(11-13-17)7-6-14-19/h3-5,8-9,15,19H,6-7,10-14H2,1-2H3. The number of nitrogens with zero attached hydrogens (tertiary/aromatic N) is 1. The molecule has 1 aromatic rings. The van der Waals surface area contributed by atoms with Crippen LogP contribution in [-0.2, 0) is 5.54 Å². The summed E-state index contributed by atoms with van der Waals surface area (Å²) in [6, 6.07) is 10.9. The van der Waals surface area contributed by atoms with Crippen molar-refractivity contribution in [3.05, 3.63) is 35.9 Å². The van der Waals surface area contributed by atoms with E-state index in [2.05, 4.69) is 49.3 Å². The van der Waals surface area contributed by atoms with Gasteiger partial charge in [-0.15, -0.1) is 0 Å². The average molecular weight is 261 g/mol. The van der Waals surface area contributed by atoms with Crippen molar-refractivity contribution in [3.8, 4) is 0 Å². The van der Waals surface area contributed by atoms with E-state index < -0.39 is 0 Å². The van der Waals surface area contributed by atoms with Crippen LogP contribution in [0.1, 0.15) is 44.1 Å². The first-order chi connectivity index (χ1) is 9.19. The maximum absolute atomic E-state index is 8.96. The van der Waals surface area contributed by atoms with E-state index in [-0.39, 0.29) is 5.54 Å². The van der Waals surface area contributed by atoms with Gasteiger partial charge in [0.25, 0.3) is 0 Å². The lowest BCUT2D eigenvalue weighted by molar-refractivity contribution is 0.0734. The minimum Gasteiger partial charge on any atom is -0.396 e. The van der Waals surface area contributed by atoms with Crippen molar-refractivity contribution in [1.29, 1.82) is 0 Å². The molecule has 0 unspecified atom stereocenters. The van der Waals surface area contributed by atoms with Crippen LogP contribution >= 0.6 is 0 Å². The van der Waals surface area contributed by atoms with Crippen LogP contribution in [0.4, 0.5) is 0 Å². The number of aliphatic hydroxyl groups excluding tert-OH is 1. The zero-order valence-electron chi connectivity index (χ0n) is 12.3. The van der Waals surface area contributed by atoms with Crippen LogP contribution < -0.4 is 0 Å². The molecule has 1 aliphatic rings. The van der Waals surface area contributed by atoms with Gasteiger partial charge in [-0.25, -0.2) is 0 Å². The second-order valence-electron chi connectivity index (χ2n) is 6.10. The van der Waals surface area contributed by atoms with Crippen LogP contribution in [0, 0.1) is 5.92 Å². The first kappa shape index (κ1) is 14.5. The molecule has 0 saturated heterocycles. The predicted molar refractivity (Wildman–Crippen MR) is 80.1 cm³/mol. The summed E-state index contributed by atoms with van der Waals surface area (Å²) < 4.78 is 0. The third-order valence-electron chi connectivity index (χ3n) is 4.87. The number of rotatable bonds is 5. The Morgan fingerprint density at radius 3 is 2.32 bits per heavy atom. The number of benzene rings is 1. The molecule has 2 nitrogen and oxygen atoms in total. The molecule has 19 heavy (non-hydrogen) atoms. The van der Waals surface area contributed by atoms with Gasteiger partial charge in [0.2, 0.25) is 0 Å². The highest BCUT2D eigenvalue weighted by Gasteiger charge is 2.38. The Balaban J connectivity index is 2.08. The van der Waals surface area contributed by atoms with Gasteiger partial charge in [0.05, 0.1) is 0 Å². The average Bonchev–Trinajstić information content (AvgIpc) is 2.46. The van der Waals surface area contributed by atoms with Gasteiger partial charge in [0.15, 0.2) is 0 Å². The SMILES string of the molecule is CN(C)C1(c2ccccc2)CCC(CCCO)CC1. The second-order valence-corrected chi connectivity index (χ2v) is 6.10. The summed E-state index contributed by atoms with van der Waals surface area (Å²) in [4.78, 5) is 2.41. The molecule has 2 heteroatoms. The van der Waals surface area contributed by atoms with Gasteiger partial charge in [0.1, 0.15) is 0 Å². The molecule has 1 fully saturated rings. The van der Waals surface area contributed by atoms with Gasteiger partial charge >= 0.3 is 0 Å². The Morgan fingerprint density at radius 2 is 1.79 bits per heavy atom. The van der Waals surface area contributed by atoms with Crippen LogP contribution in [0.25, 0.3) is 0 Å². The van der Waals surface area contributed by atoms with E-state index >= 15 is 0 Å². The third-order valence-corrected chi connectivity index (χ3v) is 4.87. The summed E-state index contributed by atoms with van der Waals surface area (Å²) >= 11 is 0. The van der Waals surface area contributed by atoms with E-state index in [1.807, 2.05) is 0 Å².